The minimum absolute atomic E-state index is 0.451. The van der Waals surface area contributed by atoms with Crippen LogP contribution in [0.2, 0.25) is 0 Å². The Kier molecular flexibility index (Phi) is 4.28. The highest BCUT2D eigenvalue weighted by atomic mass is 16.5. The molecule has 3 heteroatoms. The maximum Gasteiger partial charge on any atom is 0.131 e. The van der Waals surface area contributed by atoms with E-state index in [1.54, 1.807) is 7.11 Å². The van der Waals surface area contributed by atoms with Crippen LogP contribution >= 0.6 is 0 Å². The number of hydrogen-bond donors (Lipinski definition) is 0. The quantitative estimate of drug-likeness (QED) is 0.845. The molecule has 0 N–H and O–H groups in total. The van der Waals surface area contributed by atoms with Gasteiger partial charge in [-0.05, 0) is 44.9 Å². The number of aryl methyl sites for hydroxylation is 3. The summed E-state index contributed by atoms with van der Waals surface area (Å²) < 4.78 is 11.3. The average molecular weight is 271 g/mol. The predicted molar refractivity (Wildman–Crippen MR) is 80.5 cm³/mol. The van der Waals surface area contributed by atoms with Crippen LogP contribution in [0.4, 0.5) is 0 Å². The second kappa shape index (κ2) is 5.95. The molecule has 2 rings (SSSR count). The van der Waals surface area contributed by atoms with Crippen LogP contribution in [0.5, 0.6) is 11.5 Å². The van der Waals surface area contributed by atoms with E-state index in [9.17, 15) is 0 Å². The fraction of sp³-hybridized carbons (Fsp3) is 0.353. The second-order valence-electron chi connectivity index (χ2n) is 5.10. The van der Waals surface area contributed by atoms with Crippen molar-refractivity contribution in [2.75, 3.05) is 7.11 Å². The first-order chi connectivity index (χ1) is 9.52. The molecule has 0 aliphatic carbocycles. The van der Waals surface area contributed by atoms with Crippen molar-refractivity contribution >= 4 is 0 Å². The largest absolute Gasteiger partial charge is 0.496 e. The van der Waals surface area contributed by atoms with Crippen molar-refractivity contribution in [1.82, 2.24) is 4.98 Å². The number of benzene rings is 1. The predicted octanol–water partition coefficient (Wildman–Crippen LogP) is 3.90. The van der Waals surface area contributed by atoms with Gasteiger partial charge in [-0.15, -0.1) is 0 Å². The molecule has 1 aromatic carbocycles. The molecule has 1 aromatic heterocycles. The molecule has 0 saturated heterocycles. The fourth-order valence-electron chi connectivity index (χ4n) is 2.23. The number of methoxy groups -OCH3 is 1. The third-order valence-electron chi connectivity index (χ3n) is 3.46. The van der Waals surface area contributed by atoms with Crippen LogP contribution in [-0.2, 0) is 6.61 Å². The normalized spacial score (nSPS) is 10.4. The SMILES string of the molecule is COc1c(C)cnc(COc2cc(C)ccc2C)c1C. The minimum Gasteiger partial charge on any atom is -0.496 e. The van der Waals surface area contributed by atoms with E-state index in [0.29, 0.717) is 6.61 Å². The van der Waals surface area contributed by atoms with Crippen LogP contribution in [0, 0.1) is 27.7 Å². The molecule has 0 aliphatic heterocycles. The molecule has 0 aliphatic rings. The van der Waals surface area contributed by atoms with Gasteiger partial charge in [-0.3, -0.25) is 4.98 Å². The number of pyridine rings is 1. The summed E-state index contributed by atoms with van der Waals surface area (Å²) in [5, 5.41) is 0. The van der Waals surface area contributed by atoms with Gasteiger partial charge in [-0.1, -0.05) is 12.1 Å². The van der Waals surface area contributed by atoms with E-state index in [4.69, 9.17) is 9.47 Å². The highest BCUT2D eigenvalue weighted by molar-refractivity contribution is 5.41. The monoisotopic (exact) mass is 271 g/mol. The zero-order valence-corrected chi connectivity index (χ0v) is 12.8. The van der Waals surface area contributed by atoms with Gasteiger partial charge in [0.15, 0.2) is 0 Å². The molecule has 20 heavy (non-hydrogen) atoms. The molecular weight excluding hydrogens is 250 g/mol. The first-order valence-corrected chi connectivity index (χ1v) is 6.72. The van der Waals surface area contributed by atoms with Crippen LogP contribution in [0.1, 0.15) is 27.9 Å². The number of nitrogens with zero attached hydrogens (tertiary/aromatic N) is 1. The van der Waals surface area contributed by atoms with Crippen LogP contribution in [-0.4, -0.2) is 12.1 Å². The second-order valence-corrected chi connectivity index (χ2v) is 5.10. The van der Waals surface area contributed by atoms with E-state index in [1.165, 1.54) is 5.56 Å². The maximum atomic E-state index is 5.91. The lowest BCUT2D eigenvalue weighted by molar-refractivity contribution is 0.296. The van der Waals surface area contributed by atoms with Gasteiger partial charge in [0.25, 0.3) is 0 Å². The molecule has 0 radical (unpaired) electrons. The molecule has 0 bridgehead atoms. The Morgan fingerprint density at radius 3 is 2.50 bits per heavy atom. The first kappa shape index (κ1) is 14.4. The van der Waals surface area contributed by atoms with Crippen molar-refractivity contribution in [3.8, 4) is 11.5 Å². The Bertz CT molecular complexity index is 621. The van der Waals surface area contributed by atoms with Gasteiger partial charge < -0.3 is 9.47 Å². The molecular formula is C17H21NO2. The molecule has 0 unspecified atom stereocenters. The molecule has 0 saturated carbocycles. The summed E-state index contributed by atoms with van der Waals surface area (Å²) in [6.45, 7) is 8.57. The van der Waals surface area contributed by atoms with Gasteiger partial charge in [0.1, 0.15) is 18.1 Å². The molecule has 0 fully saturated rings. The third kappa shape index (κ3) is 2.93. The van der Waals surface area contributed by atoms with Gasteiger partial charge in [0, 0.05) is 17.3 Å². The summed E-state index contributed by atoms with van der Waals surface area (Å²) in [4.78, 5) is 4.45. The number of ether oxygens (including phenoxy) is 2. The highest BCUT2D eigenvalue weighted by Gasteiger charge is 2.10. The van der Waals surface area contributed by atoms with Crippen molar-refractivity contribution in [2.45, 2.75) is 34.3 Å². The highest BCUT2D eigenvalue weighted by Crippen LogP contribution is 2.26. The summed E-state index contributed by atoms with van der Waals surface area (Å²) in [6, 6.07) is 6.21. The molecule has 3 nitrogen and oxygen atoms in total. The van der Waals surface area contributed by atoms with Gasteiger partial charge in [0.2, 0.25) is 0 Å². The smallest absolute Gasteiger partial charge is 0.131 e. The van der Waals surface area contributed by atoms with Crippen molar-refractivity contribution in [3.63, 3.8) is 0 Å². The van der Waals surface area contributed by atoms with E-state index in [2.05, 4.69) is 30.1 Å². The molecule has 0 amide bonds. The summed E-state index contributed by atoms with van der Waals surface area (Å²) in [5.41, 5.74) is 5.32. The van der Waals surface area contributed by atoms with Gasteiger partial charge >= 0.3 is 0 Å². The van der Waals surface area contributed by atoms with Crippen LogP contribution in [0.3, 0.4) is 0 Å². The lowest BCUT2D eigenvalue weighted by Gasteiger charge is -2.14. The first-order valence-electron chi connectivity index (χ1n) is 6.72. The lowest BCUT2D eigenvalue weighted by Crippen LogP contribution is -2.04. The number of hydrogen-bond acceptors (Lipinski definition) is 3. The molecule has 0 atom stereocenters. The molecule has 106 valence electrons. The molecule has 2 aromatic rings. The zero-order valence-electron chi connectivity index (χ0n) is 12.8. The summed E-state index contributed by atoms with van der Waals surface area (Å²) in [6.07, 6.45) is 1.83. The Morgan fingerprint density at radius 1 is 1.05 bits per heavy atom. The number of aromatic nitrogens is 1. The van der Waals surface area contributed by atoms with Crippen LogP contribution < -0.4 is 9.47 Å². The summed E-state index contributed by atoms with van der Waals surface area (Å²) in [5.74, 6) is 1.80. The van der Waals surface area contributed by atoms with Crippen LogP contribution in [0.15, 0.2) is 24.4 Å². The summed E-state index contributed by atoms with van der Waals surface area (Å²) in [7, 11) is 1.69. The summed E-state index contributed by atoms with van der Waals surface area (Å²) >= 11 is 0. The Morgan fingerprint density at radius 2 is 1.80 bits per heavy atom. The standard InChI is InChI=1S/C17H21NO2/c1-11-6-7-12(2)16(8-11)20-10-15-14(4)17(19-5)13(3)9-18-15/h6-9H,10H2,1-5H3. The van der Waals surface area contributed by atoms with Crippen molar-refractivity contribution in [1.29, 1.82) is 0 Å². The van der Waals surface area contributed by atoms with Gasteiger partial charge in [-0.2, -0.15) is 0 Å². The van der Waals surface area contributed by atoms with Crippen molar-refractivity contribution < 1.29 is 9.47 Å². The third-order valence-corrected chi connectivity index (χ3v) is 3.46. The van der Waals surface area contributed by atoms with Crippen LogP contribution in [0.25, 0.3) is 0 Å². The average Bonchev–Trinajstić information content (AvgIpc) is 2.42. The Hall–Kier alpha value is -2.03. The Balaban J connectivity index is 2.21. The van der Waals surface area contributed by atoms with Crippen molar-refractivity contribution in [2.24, 2.45) is 0 Å². The van der Waals surface area contributed by atoms with E-state index in [-0.39, 0.29) is 0 Å². The molecule has 1 heterocycles. The Labute approximate surface area is 120 Å². The van der Waals surface area contributed by atoms with E-state index in [1.807, 2.05) is 27.0 Å². The van der Waals surface area contributed by atoms with Gasteiger partial charge in [0.05, 0.1) is 12.8 Å². The van der Waals surface area contributed by atoms with Crippen molar-refractivity contribution in [3.05, 3.63) is 52.3 Å². The van der Waals surface area contributed by atoms with Gasteiger partial charge in [-0.25, -0.2) is 0 Å². The van der Waals surface area contributed by atoms with E-state index >= 15 is 0 Å². The molecule has 0 spiro atoms. The topological polar surface area (TPSA) is 31.4 Å². The fourth-order valence-corrected chi connectivity index (χ4v) is 2.23. The zero-order chi connectivity index (χ0) is 14.7. The number of rotatable bonds is 4. The minimum atomic E-state index is 0.451. The lowest BCUT2D eigenvalue weighted by atomic mass is 10.1. The van der Waals surface area contributed by atoms with E-state index < -0.39 is 0 Å². The van der Waals surface area contributed by atoms with E-state index in [0.717, 1.165) is 33.9 Å². The maximum absolute atomic E-state index is 5.91.